The molecule has 1 saturated heterocycles. The third kappa shape index (κ3) is 3.40. The fourth-order valence-electron chi connectivity index (χ4n) is 3.96. The minimum absolute atomic E-state index is 0.168. The highest BCUT2D eigenvalue weighted by Crippen LogP contribution is 2.34. The maximum Gasteiger partial charge on any atom is 0.268 e. The molecule has 6 nitrogen and oxygen atoms in total. The molecule has 0 spiro atoms. The first-order valence-corrected chi connectivity index (χ1v) is 11.2. The van der Waals surface area contributed by atoms with Gasteiger partial charge in [0.2, 0.25) is 0 Å². The molecule has 0 saturated carbocycles. The lowest BCUT2D eigenvalue weighted by Crippen LogP contribution is -2.30. The summed E-state index contributed by atoms with van der Waals surface area (Å²) in [6.45, 7) is 3.20. The number of nitrogens with zero attached hydrogens (tertiary/aromatic N) is 2. The van der Waals surface area contributed by atoms with Gasteiger partial charge in [0.1, 0.15) is 5.75 Å². The number of ether oxygens (including phenoxy) is 1. The van der Waals surface area contributed by atoms with E-state index in [0.29, 0.717) is 22.2 Å². The summed E-state index contributed by atoms with van der Waals surface area (Å²) >= 11 is 0. The fraction of sp³-hybridized carbons (Fsp3) is 0.318. The number of Topliss-reactive ketones (excluding diaryl/α,β-unsaturated/α-hetero) is 1. The van der Waals surface area contributed by atoms with Crippen LogP contribution in [0.1, 0.15) is 36.5 Å². The van der Waals surface area contributed by atoms with Crippen molar-refractivity contribution < 1.29 is 17.9 Å². The lowest BCUT2D eigenvalue weighted by molar-refractivity contribution is 0.101. The number of fused-ring (bicyclic) bond motifs is 1. The predicted molar refractivity (Wildman–Crippen MR) is 114 cm³/mol. The van der Waals surface area contributed by atoms with Crippen LogP contribution in [0.5, 0.6) is 5.75 Å². The Morgan fingerprint density at radius 1 is 1.03 bits per heavy atom. The van der Waals surface area contributed by atoms with Crippen molar-refractivity contribution in [2.75, 3.05) is 25.1 Å². The van der Waals surface area contributed by atoms with Gasteiger partial charge in [-0.2, -0.15) is 0 Å². The SMILES string of the molecule is COc1ccc(S(=O)(=O)n2cc(C(C)=O)c3ccccc32)cc1N1CCCCC1. The summed E-state index contributed by atoms with van der Waals surface area (Å²) in [5, 5.41) is 0.633. The summed E-state index contributed by atoms with van der Waals surface area (Å²) in [5.74, 6) is 0.492. The van der Waals surface area contributed by atoms with Crippen LogP contribution in [0.2, 0.25) is 0 Å². The van der Waals surface area contributed by atoms with Crippen LogP contribution in [0.4, 0.5) is 5.69 Å². The average molecular weight is 413 g/mol. The zero-order valence-electron chi connectivity index (χ0n) is 16.6. The van der Waals surface area contributed by atoms with Crippen molar-refractivity contribution in [1.82, 2.24) is 3.97 Å². The zero-order chi connectivity index (χ0) is 20.6. The van der Waals surface area contributed by atoms with Gasteiger partial charge in [-0.3, -0.25) is 4.79 Å². The number of methoxy groups -OCH3 is 1. The molecular weight excluding hydrogens is 388 g/mol. The number of benzene rings is 2. The van der Waals surface area contributed by atoms with E-state index in [1.54, 1.807) is 49.6 Å². The standard InChI is InChI=1S/C22H24N2O4S/c1-16(25)19-15-24(20-9-5-4-8-18(19)20)29(26,27)17-10-11-22(28-2)21(14-17)23-12-6-3-7-13-23/h4-5,8-11,14-15H,3,6-7,12-13H2,1-2H3. The minimum atomic E-state index is -3.88. The van der Waals surface area contributed by atoms with E-state index in [0.717, 1.165) is 31.6 Å². The molecular formula is C22H24N2O4S. The minimum Gasteiger partial charge on any atom is -0.495 e. The number of ketones is 1. The summed E-state index contributed by atoms with van der Waals surface area (Å²) in [6.07, 6.45) is 4.75. The lowest BCUT2D eigenvalue weighted by Gasteiger charge is -2.30. The number of hydrogen-bond donors (Lipinski definition) is 0. The van der Waals surface area contributed by atoms with Crippen molar-refractivity contribution in [1.29, 1.82) is 0 Å². The van der Waals surface area contributed by atoms with E-state index in [1.807, 2.05) is 0 Å². The van der Waals surface area contributed by atoms with E-state index >= 15 is 0 Å². The van der Waals surface area contributed by atoms with Gasteiger partial charge in [-0.05, 0) is 50.5 Å². The Hall–Kier alpha value is -2.80. The highest BCUT2D eigenvalue weighted by atomic mass is 32.2. The Kier molecular flexibility index (Phi) is 5.08. The summed E-state index contributed by atoms with van der Waals surface area (Å²) in [4.78, 5) is 14.4. The van der Waals surface area contributed by atoms with Crippen molar-refractivity contribution >= 4 is 32.4 Å². The van der Waals surface area contributed by atoms with Crippen LogP contribution in [-0.4, -0.2) is 38.4 Å². The van der Waals surface area contributed by atoms with E-state index in [4.69, 9.17) is 4.74 Å². The molecule has 2 aromatic carbocycles. The maximum atomic E-state index is 13.5. The van der Waals surface area contributed by atoms with Crippen molar-refractivity contribution in [3.05, 3.63) is 54.2 Å². The molecule has 0 unspecified atom stereocenters. The van der Waals surface area contributed by atoms with Crippen LogP contribution >= 0.6 is 0 Å². The number of anilines is 1. The van der Waals surface area contributed by atoms with Crippen molar-refractivity contribution in [2.45, 2.75) is 31.1 Å². The van der Waals surface area contributed by atoms with E-state index in [9.17, 15) is 13.2 Å². The number of carbonyl (C=O) groups excluding carboxylic acids is 1. The predicted octanol–water partition coefficient (Wildman–Crippen LogP) is 4.08. The normalized spacial score (nSPS) is 14.9. The Bertz CT molecular complexity index is 1170. The second-order valence-corrected chi connectivity index (χ2v) is 9.11. The van der Waals surface area contributed by atoms with Crippen molar-refractivity contribution in [3.8, 4) is 5.75 Å². The number of hydrogen-bond acceptors (Lipinski definition) is 5. The van der Waals surface area contributed by atoms with E-state index in [1.165, 1.54) is 23.5 Å². The molecule has 4 rings (SSSR count). The molecule has 0 bridgehead atoms. The molecule has 1 aliphatic heterocycles. The second kappa shape index (κ2) is 7.55. The Morgan fingerprint density at radius 2 is 1.76 bits per heavy atom. The van der Waals surface area contributed by atoms with Crippen LogP contribution in [0.3, 0.4) is 0 Å². The van der Waals surface area contributed by atoms with Gasteiger partial charge in [0, 0.05) is 30.2 Å². The molecule has 0 aliphatic carbocycles. The molecule has 0 amide bonds. The van der Waals surface area contributed by atoms with Gasteiger partial charge >= 0.3 is 0 Å². The highest BCUT2D eigenvalue weighted by molar-refractivity contribution is 7.90. The Morgan fingerprint density at radius 3 is 2.45 bits per heavy atom. The second-order valence-electron chi connectivity index (χ2n) is 7.30. The molecule has 3 aromatic rings. The number of carbonyl (C=O) groups is 1. The molecule has 0 radical (unpaired) electrons. The van der Waals surface area contributed by atoms with Crippen LogP contribution in [0, 0.1) is 0 Å². The Balaban J connectivity index is 1.86. The van der Waals surface area contributed by atoms with Crippen LogP contribution in [0.25, 0.3) is 10.9 Å². The molecule has 7 heteroatoms. The van der Waals surface area contributed by atoms with E-state index in [-0.39, 0.29) is 10.7 Å². The third-order valence-electron chi connectivity index (χ3n) is 5.46. The van der Waals surface area contributed by atoms with Gasteiger partial charge in [0.25, 0.3) is 10.0 Å². The first-order chi connectivity index (χ1) is 13.9. The summed E-state index contributed by atoms with van der Waals surface area (Å²) < 4.78 is 33.7. The van der Waals surface area contributed by atoms with Crippen LogP contribution in [-0.2, 0) is 10.0 Å². The smallest absolute Gasteiger partial charge is 0.268 e. The number of para-hydroxylation sites is 1. The molecule has 0 atom stereocenters. The monoisotopic (exact) mass is 412 g/mol. The van der Waals surface area contributed by atoms with Gasteiger partial charge in [-0.15, -0.1) is 0 Å². The summed E-state index contributed by atoms with van der Waals surface area (Å²) in [5.41, 5.74) is 1.68. The van der Waals surface area contributed by atoms with Gasteiger partial charge in [0.05, 0.1) is 23.2 Å². The summed E-state index contributed by atoms with van der Waals surface area (Å²) in [6, 6.07) is 12.0. The van der Waals surface area contributed by atoms with Crippen LogP contribution in [0.15, 0.2) is 53.6 Å². The van der Waals surface area contributed by atoms with E-state index < -0.39 is 10.0 Å². The van der Waals surface area contributed by atoms with Gasteiger partial charge in [-0.1, -0.05) is 18.2 Å². The quantitative estimate of drug-likeness (QED) is 0.591. The van der Waals surface area contributed by atoms with Crippen molar-refractivity contribution in [2.24, 2.45) is 0 Å². The topological polar surface area (TPSA) is 68.6 Å². The number of rotatable bonds is 5. The van der Waals surface area contributed by atoms with E-state index in [2.05, 4.69) is 4.90 Å². The first kappa shape index (κ1) is 19.5. The number of piperidine rings is 1. The highest BCUT2D eigenvalue weighted by Gasteiger charge is 2.25. The van der Waals surface area contributed by atoms with Crippen molar-refractivity contribution in [3.63, 3.8) is 0 Å². The first-order valence-electron chi connectivity index (χ1n) is 9.73. The molecule has 1 fully saturated rings. The Labute approximate surface area is 170 Å². The molecule has 1 aliphatic rings. The van der Waals surface area contributed by atoms with Gasteiger partial charge < -0.3 is 9.64 Å². The zero-order valence-corrected chi connectivity index (χ0v) is 17.4. The third-order valence-corrected chi connectivity index (χ3v) is 7.13. The average Bonchev–Trinajstić information content (AvgIpc) is 3.15. The van der Waals surface area contributed by atoms with Gasteiger partial charge in [0.15, 0.2) is 5.78 Å². The largest absolute Gasteiger partial charge is 0.495 e. The summed E-state index contributed by atoms with van der Waals surface area (Å²) in [7, 11) is -2.29. The molecule has 2 heterocycles. The van der Waals surface area contributed by atoms with Crippen LogP contribution < -0.4 is 9.64 Å². The van der Waals surface area contributed by atoms with Gasteiger partial charge in [-0.25, -0.2) is 12.4 Å². The lowest BCUT2D eigenvalue weighted by atomic mass is 10.1. The molecule has 1 aromatic heterocycles. The fourth-order valence-corrected chi connectivity index (χ4v) is 5.35. The number of aromatic nitrogens is 1. The maximum absolute atomic E-state index is 13.5. The molecule has 0 N–H and O–H groups in total. The molecule has 29 heavy (non-hydrogen) atoms. The molecule has 152 valence electrons.